The van der Waals surface area contributed by atoms with Crippen LogP contribution in [0.4, 0.5) is 0 Å². The minimum absolute atomic E-state index is 0.00810. The summed E-state index contributed by atoms with van der Waals surface area (Å²) in [5, 5.41) is 8.73. The van der Waals surface area contributed by atoms with E-state index >= 15 is 0 Å². The number of esters is 1. The van der Waals surface area contributed by atoms with Gasteiger partial charge < -0.3 is 70.9 Å². The van der Waals surface area contributed by atoms with Gasteiger partial charge in [-0.1, -0.05) is 32.8 Å². The van der Waals surface area contributed by atoms with E-state index in [-0.39, 0.29) is 30.7 Å². The normalized spacial score (nSPS) is 13.7. The Labute approximate surface area is 478 Å². The van der Waals surface area contributed by atoms with Gasteiger partial charge in [-0.3, -0.25) is 14.4 Å². The third-order valence-corrected chi connectivity index (χ3v) is 12.9. The van der Waals surface area contributed by atoms with Crippen molar-refractivity contribution in [2.75, 3.05) is 165 Å². The first-order chi connectivity index (χ1) is 40.2. The highest BCUT2D eigenvalue weighted by atomic mass is 16.6. The number of ether oxygens (including phenoxy) is 14. The number of carbonyl (C=O) groups is 2. The lowest BCUT2D eigenvalue weighted by Crippen LogP contribution is -2.32. The number of aromatic nitrogens is 2. The van der Waals surface area contributed by atoms with Crippen LogP contribution in [0.5, 0.6) is 11.5 Å². The molecule has 1 atom stereocenters. The average molecular weight is 1150 g/mol. The van der Waals surface area contributed by atoms with Gasteiger partial charge in [0.15, 0.2) is 6.61 Å². The maximum absolute atomic E-state index is 13.7. The van der Waals surface area contributed by atoms with Crippen LogP contribution < -0.4 is 20.5 Å². The fourth-order valence-corrected chi connectivity index (χ4v) is 8.88. The number of azide groups is 1. The number of aryl methyl sites for hydroxylation is 1. The van der Waals surface area contributed by atoms with E-state index in [1.807, 2.05) is 63.2 Å². The maximum atomic E-state index is 13.7. The van der Waals surface area contributed by atoms with Gasteiger partial charge in [0.05, 0.1) is 186 Å². The van der Waals surface area contributed by atoms with Crippen molar-refractivity contribution in [3.05, 3.63) is 97.1 Å². The van der Waals surface area contributed by atoms with Crippen LogP contribution in [0.1, 0.15) is 67.9 Å². The first-order valence-electron chi connectivity index (χ1n) is 28.2. The minimum Gasteiger partial charge on any atom is -0.491 e. The van der Waals surface area contributed by atoms with Crippen molar-refractivity contribution in [2.45, 2.75) is 59.6 Å². The van der Waals surface area contributed by atoms with Crippen molar-refractivity contribution < 1.29 is 75.9 Å². The molecule has 2 aromatic carbocycles. The van der Waals surface area contributed by atoms with Crippen molar-refractivity contribution in [3.63, 3.8) is 0 Å². The Balaban J connectivity index is 0.725. The lowest BCUT2D eigenvalue weighted by Gasteiger charge is -2.24. The van der Waals surface area contributed by atoms with Crippen LogP contribution in [-0.4, -0.2) is 192 Å². The summed E-state index contributed by atoms with van der Waals surface area (Å²) in [4.78, 5) is 46.9. The Kier molecular flexibility index (Phi) is 30.0. The molecule has 4 aromatic rings. The molecule has 0 saturated carbocycles. The third-order valence-electron chi connectivity index (χ3n) is 12.9. The van der Waals surface area contributed by atoms with Crippen molar-refractivity contribution in [1.82, 2.24) is 15.0 Å². The SMILES string of the molecule is CCc1c2c(nc3ccc(OCC(=O)N/N=C(/c4ccc(OCCOCCOCCOCCOCCOCCOCCOCCOCCOCCOCCOCCN=[N+]=[N-])cc4)C(C)C)cc13)-c1cc3c(c(=O)n1C2)COC(=O)C3CC. The van der Waals surface area contributed by atoms with Gasteiger partial charge in [0, 0.05) is 22.4 Å². The number of carbonyl (C=O) groups excluding carboxylic acids is 2. The molecule has 0 fully saturated rings. The van der Waals surface area contributed by atoms with Gasteiger partial charge in [0.25, 0.3) is 11.5 Å². The van der Waals surface area contributed by atoms with E-state index < -0.39 is 11.8 Å². The van der Waals surface area contributed by atoms with Crippen LogP contribution >= 0.6 is 0 Å². The van der Waals surface area contributed by atoms with Crippen LogP contribution in [0.2, 0.25) is 0 Å². The van der Waals surface area contributed by atoms with Crippen LogP contribution in [0.3, 0.4) is 0 Å². The van der Waals surface area contributed by atoms with Gasteiger partial charge in [-0.2, -0.15) is 5.10 Å². The van der Waals surface area contributed by atoms with Crippen LogP contribution in [0.15, 0.2) is 63.5 Å². The predicted octanol–water partition coefficient (Wildman–Crippen LogP) is 5.97. The number of fused-ring (bicyclic) bond motifs is 5. The van der Waals surface area contributed by atoms with E-state index in [0.717, 1.165) is 38.9 Å². The highest BCUT2D eigenvalue weighted by molar-refractivity contribution is 6.02. The van der Waals surface area contributed by atoms with Gasteiger partial charge in [0.1, 0.15) is 24.7 Å². The summed E-state index contributed by atoms with van der Waals surface area (Å²) in [5.41, 5.74) is 17.7. The number of amides is 1. The summed E-state index contributed by atoms with van der Waals surface area (Å²) >= 11 is 0. The van der Waals surface area contributed by atoms with Gasteiger partial charge in [0.2, 0.25) is 0 Å². The summed E-state index contributed by atoms with van der Waals surface area (Å²) in [6.07, 6.45) is 1.23. The Morgan fingerprint density at radius 2 is 1.17 bits per heavy atom. The quantitative estimate of drug-likeness (QED) is 0.00895. The van der Waals surface area contributed by atoms with E-state index in [1.54, 1.807) is 10.6 Å². The molecule has 1 amide bonds. The Hall–Kier alpha value is -6.12. The average Bonchev–Trinajstić information content (AvgIpc) is 3.84. The standard InChI is InChI=1S/C58H81N7O17/c1-5-46-49-37-45(11-12-52(49)61-56-50(46)39-65-53(56)38-48-47(6-2)58(68)82-40-51(48)57(65)67)81-41-54(66)62-63-55(42(3)4)43-7-9-44(10-8-43)80-36-35-79-34-33-78-32-31-77-30-29-76-28-27-75-26-25-74-24-23-73-22-21-72-20-19-71-18-17-70-16-15-69-14-13-60-64-59/h7-12,37-38,42,47H,5-6,13-36,39-41H2,1-4H3,(H,62,66)/b63-55+. The van der Waals surface area contributed by atoms with Crippen LogP contribution in [0, 0.1) is 5.92 Å². The van der Waals surface area contributed by atoms with E-state index in [1.165, 1.54) is 0 Å². The summed E-state index contributed by atoms with van der Waals surface area (Å²) in [5.74, 6) is -0.00655. The number of benzene rings is 2. The van der Waals surface area contributed by atoms with Crippen LogP contribution in [-0.2, 0) is 86.0 Å². The van der Waals surface area contributed by atoms with Gasteiger partial charge in [-0.15, -0.1) is 0 Å². The zero-order valence-corrected chi connectivity index (χ0v) is 47.9. The van der Waals surface area contributed by atoms with Gasteiger partial charge in [-0.25, -0.2) is 10.4 Å². The van der Waals surface area contributed by atoms with Crippen molar-refractivity contribution >= 4 is 28.5 Å². The Morgan fingerprint density at radius 1 is 0.671 bits per heavy atom. The molecule has 2 aliphatic rings. The molecular weight excluding hydrogens is 1070 g/mol. The van der Waals surface area contributed by atoms with Gasteiger partial charge in [-0.05, 0) is 89.5 Å². The first kappa shape index (κ1) is 65.0. The molecule has 450 valence electrons. The predicted molar refractivity (Wildman–Crippen MR) is 303 cm³/mol. The molecule has 6 rings (SSSR count). The third kappa shape index (κ3) is 21.6. The highest BCUT2D eigenvalue weighted by Gasteiger charge is 2.35. The molecule has 2 aliphatic heterocycles. The fraction of sp³-hybridized carbons (Fsp3) is 0.603. The number of nitrogens with one attached hydrogen (secondary N) is 1. The number of pyridine rings is 2. The summed E-state index contributed by atoms with van der Waals surface area (Å²) in [6.45, 7) is 18.8. The second-order valence-electron chi connectivity index (χ2n) is 18.9. The van der Waals surface area contributed by atoms with E-state index in [2.05, 4.69) is 27.5 Å². The number of cyclic esters (lactones) is 1. The molecule has 1 N–H and O–H groups in total. The first-order valence-corrected chi connectivity index (χ1v) is 28.2. The van der Waals surface area contributed by atoms with Crippen molar-refractivity contribution in [3.8, 4) is 22.9 Å². The second-order valence-corrected chi connectivity index (χ2v) is 18.9. The summed E-state index contributed by atoms with van der Waals surface area (Å²) in [6, 6.07) is 15.0. The molecule has 1 unspecified atom stereocenters. The zero-order valence-electron chi connectivity index (χ0n) is 47.9. The molecule has 0 saturated heterocycles. The number of hydrogen-bond donors (Lipinski definition) is 1. The molecule has 0 spiro atoms. The Morgan fingerprint density at radius 3 is 1.66 bits per heavy atom. The Bertz CT molecular complexity index is 2700. The fourth-order valence-electron chi connectivity index (χ4n) is 8.88. The monoisotopic (exact) mass is 1150 g/mol. The van der Waals surface area contributed by atoms with E-state index in [4.69, 9.17) is 76.8 Å². The zero-order chi connectivity index (χ0) is 58.0. The van der Waals surface area contributed by atoms with Crippen LogP contribution in [0.25, 0.3) is 32.7 Å². The topological polar surface area (TPSA) is 271 Å². The van der Waals surface area contributed by atoms with Crippen molar-refractivity contribution in [2.24, 2.45) is 16.1 Å². The number of hydrazone groups is 1. The minimum atomic E-state index is -0.478. The highest BCUT2D eigenvalue weighted by Crippen LogP contribution is 2.39. The molecular formula is C58H81N7O17. The second kappa shape index (κ2) is 37.9. The largest absolute Gasteiger partial charge is 0.491 e. The molecule has 82 heavy (non-hydrogen) atoms. The molecule has 0 aliphatic carbocycles. The van der Waals surface area contributed by atoms with Crippen molar-refractivity contribution in [1.29, 1.82) is 0 Å². The molecule has 0 radical (unpaired) electrons. The molecule has 24 nitrogen and oxygen atoms in total. The van der Waals surface area contributed by atoms with E-state index in [9.17, 15) is 14.4 Å². The molecule has 0 bridgehead atoms. The lowest BCUT2D eigenvalue weighted by molar-refractivity contribution is -0.148. The lowest BCUT2D eigenvalue weighted by atomic mass is 9.90. The van der Waals surface area contributed by atoms with Gasteiger partial charge >= 0.3 is 5.97 Å². The smallest absolute Gasteiger partial charge is 0.313 e. The van der Waals surface area contributed by atoms with E-state index in [0.29, 0.717) is 206 Å². The molecule has 4 heterocycles. The summed E-state index contributed by atoms with van der Waals surface area (Å²) < 4.78 is 79.3. The molecule has 2 aromatic heterocycles. The number of rotatable bonds is 45. The molecule has 24 heteroatoms. The number of nitrogens with zero attached hydrogens (tertiary/aromatic N) is 6. The number of hydrogen-bond acceptors (Lipinski definition) is 20. The summed E-state index contributed by atoms with van der Waals surface area (Å²) in [7, 11) is 0. The maximum Gasteiger partial charge on any atom is 0.313 e.